The monoisotopic (exact) mass is 347 g/mol. The molecule has 0 atom stereocenters. The van der Waals surface area contributed by atoms with Crippen LogP contribution in [0.3, 0.4) is 0 Å². The molecule has 106 valence electrons. The Bertz CT molecular complexity index is 1000. The summed E-state index contributed by atoms with van der Waals surface area (Å²) < 4.78 is 0.999. The molecule has 0 spiro atoms. The fourth-order valence-electron chi connectivity index (χ4n) is 3.06. The van der Waals surface area contributed by atoms with Gasteiger partial charge in [-0.15, -0.1) is 0 Å². The molecule has 4 rings (SSSR count). The average Bonchev–Trinajstić information content (AvgIpc) is 2.54. The van der Waals surface area contributed by atoms with Crippen LogP contribution in [0, 0.1) is 0 Å². The second-order valence-electron chi connectivity index (χ2n) is 5.42. The van der Waals surface area contributed by atoms with Gasteiger partial charge in [0, 0.05) is 15.7 Å². The summed E-state index contributed by atoms with van der Waals surface area (Å²) >= 11 is 3.48. The van der Waals surface area contributed by atoms with Crippen LogP contribution in [0.25, 0.3) is 32.7 Å². The molecular weight excluding hydrogens is 334 g/mol. The molecular formula is C20H14BrN. The first-order chi connectivity index (χ1) is 10.7. The van der Waals surface area contributed by atoms with Crippen LogP contribution in [0.5, 0.6) is 0 Å². The largest absolute Gasteiger partial charge is 0.398 e. The van der Waals surface area contributed by atoms with Crippen LogP contribution in [0.4, 0.5) is 5.69 Å². The molecule has 0 heterocycles. The molecule has 0 unspecified atom stereocenters. The van der Waals surface area contributed by atoms with Crippen LogP contribution in [-0.2, 0) is 0 Å². The SMILES string of the molecule is Nc1cc(Br)ccc1-c1cc2ccccc2c2ccccc12. The van der Waals surface area contributed by atoms with E-state index in [0.717, 1.165) is 15.7 Å². The highest BCUT2D eigenvalue weighted by Gasteiger charge is 2.10. The van der Waals surface area contributed by atoms with Crippen LogP contribution in [-0.4, -0.2) is 0 Å². The standard InChI is InChI=1S/C20H14BrN/c21-14-9-10-18(20(22)12-14)19-11-13-5-1-2-6-15(13)16-7-3-4-8-17(16)19/h1-12H,22H2. The van der Waals surface area contributed by atoms with Gasteiger partial charge in [-0.1, -0.05) is 70.5 Å². The summed E-state index contributed by atoms with van der Waals surface area (Å²) in [7, 11) is 0. The van der Waals surface area contributed by atoms with Gasteiger partial charge in [0.25, 0.3) is 0 Å². The number of halogens is 1. The highest BCUT2D eigenvalue weighted by atomic mass is 79.9. The second-order valence-corrected chi connectivity index (χ2v) is 6.34. The minimum Gasteiger partial charge on any atom is -0.398 e. The van der Waals surface area contributed by atoms with E-state index in [1.807, 2.05) is 12.1 Å². The van der Waals surface area contributed by atoms with Crippen molar-refractivity contribution in [1.29, 1.82) is 0 Å². The van der Waals surface area contributed by atoms with Crippen molar-refractivity contribution in [1.82, 2.24) is 0 Å². The van der Waals surface area contributed by atoms with E-state index in [1.165, 1.54) is 27.1 Å². The van der Waals surface area contributed by atoms with Crippen molar-refractivity contribution in [2.45, 2.75) is 0 Å². The number of hydrogen-bond acceptors (Lipinski definition) is 1. The van der Waals surface area contributed by atoms with E-state index in [4.69, 9.17) is 5.73 Å². The maximum Gasteiger partial charge on any atom is 0.0405 e. The van der Waals surface area contributed by atoms with Crippen molar-refractivity contribution in [3.05, 3.63) is 77.3 Å². The molecule has 2 N–H and O–H groups in total. The Hall–Kier alpha value is -2.32. The van der Waals surface area contributed by atoms with E-state index in [9.17, 15) is 0 Å². The molecule has 0 aromatic heterocycles. The van der Waals surface area contributed by atoms with Crippen LogP contribution < -0.4 is 5.73 Å². The summed E-state index contributed by atoms with van der Waals surface area (Å²) in [5, 5.41) is 5.00. The van der Waals surface area contributed by atoms with Gasteiger partial charge in [0.15, 0.2) is 0 Å². The summed E-state index contributed by atoms with van der Waals surface area (Å²) in [5.74, 6) is 0. The van der Waals surface area contributed by atoms with E-state index >= 15 is 0 Å². The van der Waals surface area contributed by atoms with E-state index in [1.54, 1.807) is 0 Å². The minimum absolute atomic E-state index is 0.787. The van der Waals surface area contributed by atoms with Crippen LogP contribution >= 0.6 is 15.9 Å². The van der Waals surface area contributed by atoms with Crippen LogP contribution in [0.2, 0.25) is 0 Å². The fourth-order valence-corrected chi connectivity index (χ4v) is 3.43. The molecule has 4 aromatic rings. The molecule has 0 bridgehead atoms. The van der Waals surface area contributed by atoms with Crippen molar-refractivity contribution in [2.24, 2.45) is 0 Å². The van der Waals surface area contributed by atoms with Crippen molar-refractivity contribution in [3.63, 3.8) is 0 Å². The Morgan fingerprint density at radius 3 is 2.09 bits per heavy atom. The van der Waals surface area contributed by atoms with Crippen LogP contribution in [0.1, 0.15) is 0 Å². The molecule has 0 radical (unpaired) electrons. The molecule has 0 aliphatic heterocycles. The molecule has 0 aliphatic rings. The van der Waals surface area contributed by atoms with Crippen molar-refractivity contribution < 1.29 is 0 Å². The lowest BCUT2D eigenvalue weighted by Gasteiger charge is -2.13. The van der Waals surface area contributed by atoms with Gasteiger partial charge in [-0.2, -0.15) is 0 Å². The number of nitrogen functional groups attached to an aromatic ring is 1. The molecule has 0 fully saturated rings. The van der Waals surface area contributed by atoms with E-state index in [-0.39, 0.29) is 0 Å². The van der Waals surface area contributed by atoms with Gasteiger partial charge < -0.3 is 5.73 Å². The van der Waals surface area contributed by atoms with Gasteiger partial charge in [0.05, 0.1) is 0 Å². The van der Waals surface area contributed by atoms with Gasteiger partial charge in [0.2, 0.25) is 0 Å². The molecule has 0 saturated carbocycles. The van der Waals surface area contributed by atoms with Gasteiger partial charge in [-0.05, 0) is 45.3 Å². The number of hydrogen-bond donors (Lipinski definition) is 1. The van der Waals surface area contributed by atoms with Crippen molar-refractivity contribution in [3.8, 4) is 11.1 Å². The number of rotatable bonds is 1. The minimum atomic E-state index is 0.787. The Morgan fingerprint density at radius 2 is 1.32 bits per heavy atom. The predicted molar refractivity (Wildman–Crippen MR) is 99.0 cm³/mol. The summed E-state index contributed by atoms with van der Waals surface area (Å²) in [5.41, 5.74) is 9.30. The van der Waals surface area contributed by atoms with E-state index in [0.29, 0.717) is 0 Å². The summed E-state index contributed by atoms with van der Waals surface area (Å²) in [4.78, 5) is 0. The smallest absolute Gasteiger partial charge is 0.0405 e. The van der Waals surface area contributed by atoms with Crippen molar-refractivity contribution >= 4 is 43.2 Å². The lowest BCUT2D eigenvalue weighted by Crippen LogP contribution is -1.91. The van der Waals surface area contributed by atoms with Crippen molar-refractivity contribution in [2.75, 3.05) is 5.73 Å². The molecule has 4 aromatic carbocycles. The maximum atomic E-state index is 6.26. The molecule has 0 saturated heterocycles. The summed E-state index contributed by atoms with van der Waals surface area (Å²) in [6.07, 6.45) is 0. The Balaban J connectivity index is 2.16. The topological polar surface area (TPSA) is 26.0 Å². The van der Waals surface area contributed by atoms with E-state index in [2.05, 4.69) is 76.6 Å². The molecule has 2 heteroatoms. The lowest BCUT2D eigenvalue weighted by atomic mass is 9.93. The fraction of sp³-hybridized carbons (Fsp3) is 0. The quantitative estimate of drug-likeness (QED) is 0.331. The maximum absolute atomic E-state index is 6.26. The molecule has 1 nitrogen and oxygen atoms in total. The lowest BCUT2D eigenvalue weighted by molar-refractivity contribution is 1.61. The zero-order valence-corrected chi connectivity index (χ0v) is 13.5. The number of anilines is 1. The van der Waals surface area contributed by atoms with Gasteiger partial charge >= 0.3 is 0 Å². The summed E-state index contributed by atoms with van der Waals surface area (Å²) in [6.45, 7) is 0. The molecule has 0 aliphatic carbocycles. The zero-order valence-electron chi connectivity index (χ0n) is 11.9. The predicted octanol–water partition coefficient (Wildman–Crippen LogP) is 6.00. The first-order valence-electron chi connectivity index (χ1n) is 7.20. The Labute approximate surface area is 137 Å². The molecule has 22 heavy (non-hydrogen) atoms. The highest BCUT2D eigenvalue weighted by molar-refractivity contribution is 9.10. The molecule has 0 amide bonds. The zero-order chi connectivity index (χ0) is 15.1. The Kier molecular flexibility index (Phi) is 3.12. The van der Waals surface area contributed by atoms with E-state index < -0.39 is 0 Å². The summed E-state index contributed by atoms with van der Waals surface area (Å²) in [6, 6.07) is 25.3. The highest BCUT2D eigenvalue weighted by Crippen LogP contribution is 2.37. The van der Waals surface area contributed by atoms with Gasteiger partial charge in [-0.3, -0.25) is 0 Å². The first kappa shape index (κ1) is 13.4. The average molecular weight is 348 g/mol. The Morgan fingerprint density at radius 1 is 0.636 bits per heavy atom. The number of benzene rings is 4. The third kappa shape index (κ3) is 2.08. The second kappa shape index (κ2) is 5.15. The van der Waals surface area contributed by atoms with Gasteiger partial charge in [-0.25, -0.2) is 0 Å². The number of fused-ring (bicyclic) bond motifs is 3. The number of nitrogens with two attached hydrogens (primary N) is 1. The first-order valence-corrected chi connectivity index (χ1v) is 7.99. The normalized spacial score (nSPS) is 11.1. The van der Waals surface area contributed by atoms with Crippen LogP contribution in [0.15, 0.2) is 77.3 Å². The van der Waals surface area contributed by atoms with Gasteiger partial charge in [0.1, 0.15) is 0 Å². The third-order valence-corrected chi connectivity index (χ3v) is 4.57. The third-order valence-electron chi connectivity index (χ3n) is 4.07.